The fraction of sp³-hybridized carbons (Fsp3) is 0.850. The van der Waals surface area contributed by atoms with Crippen LogP contribution >= 0.6 is 0 Å². The van der Waals surface area contributed by atoms with E-state index < -0.39 is 5.97 Å². The summed E-state index contributed by atoms with van der Waals surface area (Å²) >= 11 is 0. The molecule has 0 amide bonds. The first-order chi connectivity index (χ1) is 10.8. The van der Waals surface area contributed by atoms with E-state index in [0.29, 0.717) is 0 Å². The van der Waals surface area contributed by atoms with Crippen molar-refractivity contribution in [1.82, 2.24) is 0 Å². The Morgan fingerprint density at radius 3 is 1.39 bits per heavy atom. The van der Waals surface area contributed by atoms with E-state index in [1.807, 2.05) is 0 Å². The van der Waals surface area contributed by atoms with E-state index in [0.717, 1.165) is 12.8 Å². The van der Waals surface area contributed by atoms with Gasteiger partial charge in [0.1, 0.15) is 0 Å². The molecule has 0 bridgehead atoms. The number of hydrogen-bond donors (Lipinski definition) is 1. The van der Waals surface area contributed by atoms with Gasteiger partial charge >= 0.3 is 5.97 Å². The van der Waals surface area contributed by atoms with Gasteiger partial charge in [-0.2, -0.15) is 0 Å². The van der Waals surface area contributed by atoms with Crippen LogP contribution in [0.2, 0.25) is 0 Å². The molecule has 0 radical (unpaired) electrons. The molecule has 0 fully saturated rings. The third-order valence-corrected chi connectivity index (χ3v) is 4.23. The van der Waals surface area contributed by atoms with E-state index >= 15 is 0 Å². The maximum Gasteiger partial charge on any atom is 0.327 e. The average molecular weight is 468 g/mol. The monoisotopic (exact) mass is 468 g/mol. The van der Waals surface area contributed by atoms with Gasteiger partial charge in [-0.1, -0.05) is 103 Å². The Morgan fingerprint density at radius 2 is 1.04 bits per heavy atom. The molecule has 0 aliphatic rings. The zero-order valence-electron chi connectivity index (χ0n) is 15.2. The van der Waals surface area contributed by atoms with Gasteiger partial charge in [0.2, 0.25) is 0 Å². The smallest absolute Gasteiger partial charge is 0.327 e. The van der Waals surface area contributed by atoms with Crippen molar-refractivity contribution in [3.05, 3.63) is 12.2 Å². The number of aliphatic carboxylic acids is 1. The molecule has 23 heavy (non-hydrogen) atoms. The van der Waals surface area contributed by atoms with Crippen molar-refractivity contribution in [1.29, 1.82) is 0 Å². The van der Waals surface area contributed by atoms with Gasteiger partial charge in [0.15, 0.2) is 0 Å². The molecule has 0 aromatic rings. The molecule has 0 atom stereocenters. The largest absolute Gasteiger partial charge is 0.478 e. The summed E-state index contributed by atoms with van der Waals surface area (Å²) < 4.78 is 0. The minimum Gasteiger partial charge on any atom is -0.478 e. The first-order valence-corrected chi connectivity index (χ1v) is 9.67. The molecule has 0 aromatic heterocycles. The van der Waals surface area contributed by atoms with Gasteiger partial charge in [-0.3, -0.25) is 0 Å². The van der Waals surface area contributed by atoms with Crippen LogP contribution in [0.3, 0.4) is 0 Å². The summed E-state index contributed by atoms with van der Waals surface area (Å²) in [5.41, 5.74) is 0. The van der Waals surface area contributed by atoms with Gasteiger partial charge in [0.05, 0.1) is 0 Å². The topological polar surface area (TPSA) is 37.3 Å². The third-order valence-electron chi connectivity index (χ3n) is 4.23. The van der Waals surface area contributed by atoms with Crippen molar-refractivity contribution in [3.8, 4) is 0 Å². The average Bonchev–Trinajstić information content (AvgIpc) is 2.50. The number of carboxylic acid groups (broad SMARTS) is 1. The molecule has 0 aromatic carbocycles. The summed E-state index contributed by atoms with van der Waals surface area (Å²) in [7, 11) is 0. The molecule has 2 nitrogen and oxygen atoms in total. The maximum absolute atomic E-state index is 10.3. The molecule has 0 unspecified atom stereocenters. The molecule has 0 rings (SSSR count). The normalized spacial score (nSPS) is 10.8. The second-order valence-electron chi connectivity index (χ2n) is 6.48. The fourth-order valence-electron chi connectivity index (χ4n) is 2.82. The molecule has 0 aliphatic heterocycles. The second kappa shape index (κ2) is 22.5. The van der Waals surface area contributed by atoms with Crippen LogP contribution in [0.4, 0.5) is 0 Å². The molecule has 138 valence electrons. The summed E-state index contributed by atoms with van der Waals surface area (Å²) in [4.78, 5) is 10.3. The van der Waals surface area contributed by atoms with Crippen LogP contribution in [-0.4, -0.2) is 11.1 Å². The van der Waals surface area contributed by atoms with Gasteiger partial charge in [0.25, 0.3) is 0 Å². The van der Waals surface area contributed by atoms with Gasteiger partial charge in [0, 0.05) is 46.0 Å². The molecule has 1 N–H and O–H groups in total. The number of unbranched alkanes of at least 4 members (excludes halogenated alkanes) is 15. The minimum atomic E-state index is -0.832. The maximum atomic E-state index is 10.3. The van der Waals surface area contributed by atoms with E-state index in [-0.39, 0.29) is 39.9 Å². The molecule has 0 saturated carbocycles. The molecule has 3 heteroatoms. The van der Waals surface area contributed by atoms with Gasteiger partial charge in [-0.25, -0.2) is 4.79 Å². The number of allylic oxidation sites excluding steroid dienone is 1. The Hall–Kier alpha value is 0.535. The van der Waals surface area contributed by atoms with Crippen LogP contribution in [0.1, 0.15) is 110 Å². The zero-order valence-corrected chi connectivity index (χ0v) is 17.4. The van der Waals surface area contributed by atoms with E-state index in [9.17, 15) is 4.79 Å². The van der Waals surface area contributed by atoms with Crippen LogP contribution < -0.4 is 0 Å². The molecule has 0 saturated heterocycles. The van der Waals surface area contributed by atoms with Crippen molar-refractivity contribution in [3.63, 3.8) is 0 Å². The van der Waals surface area contributed by atoms with Crippen molar-refractivity contribution in [2.75, 3.05) is 0 Å². The fourth-order valence-corrected chi connectivity index (χ4v) is 2.82. The van der Waals surface area contributed by atoms with Crippen molar-refractivity contribution in [2.45, 2.75) is 110 Å². The van der Waals surface area contributed by atoms with E-state index in [2.05, 4.69) is 6.92 Å². The van der Waals surface area contributed by atoms with Crippen LogP contribution in [-0.2, 0) is 4.79 Å². The third kappa shape index (κ3) is 24.9. The number of carboxylic acids is 1. The molecule has 0 heterocycles. The van der Waals surface area contributed by atoms with Crippen molar-refractivity contribution < 1.29 is 49.8 Å². The predicted octanol–water partition coefficient (Wildman–Crippen LogP) is 6.89. The minimum absolute atomic E-state index is 0. The Bertz CT molecular complexity index is 264. The zero-order chi connectivity index (χ0) is 16.3. The number of rotatable bonds is 17. The Morgan fingerprint density at radius 1 is 0.696 bits per heavy atom. The summed E-state index contributed by atoms with van der Waals surface area (Å²) in [5.74, 6) is -0.832. The summed E-state index contributed by atoms with van der Waals surface area (Å²) in [6.07, 6.45) is 24.5. The standard InChI is InChI=1S/C20H38O2.Gd/c1-2-3-4-5-6-7-8-9-10-11-12-13-14-15-16-17-18-19-20(21)22;/h18-19H,2-17H2,1H3,(H,21,22);. The Kier molecular flexibility index (Phi) is 25.2. The summed E-state index contributed by atoms with van der Waals surface area (Å²) in [6.45, 7) is 2.27. The van der Waals surface area contributed by atoms with Crippen LogP contribution in [0.15, 0.2) is 12.2 Å². The summed E-state index contributed by atoms with van der Waals surface area (Å²) in [5, 5.41) is 8.45. The van der Waals surface area contributed by atoms with Crippen molar-refractivity contribution in [2.24, 2.45) is 0 Å². The van der Waals surface area contributed by atoms with Crippen LogP contribution in [0, 0.1) is 39.9 Å². The van der Waals surface area contributed by atoms with E-state index in [4.69, 9.17) is 5.11 Å². The van der Waals surface area contributed by atoms with Gasteiger partial charge in [-0.15, -0.1) is 0 Å². The first-order valence-electron chi connectivity index (χ1n) is 9.67. The van der Waals surface area contributed by atoms with Gasteiger partial charge < -0.3 is 5.11 Å². The first kappa shape index (κ1) is 25.8. The molecule has 0 aliphatic carbocycles. The Balaban J connectivity index is 0. The quantitative estimate of drug-likeness (QED) is 0.187. The molecular formula is C20H38GdO2. The van der Waals surface area contributed by atoms with E-state index in [1.165, 1.54) is 96.0 Å². The molecule has 0 spiro atoms. The Labute approximate surface area is 176 Å². The van der Waals surface area contributed by atoms with E-state index in [1.54, 1.807) is 6.08 Å². The predicted molar refractivity (Wildman–Crippen MR) is 96.3 cm³/mol. The summed E-state index contributed by atoms with van der Waals surface area (Å²) in [6, 6.07) is 0. The van der Waals surface area contributed by atoms with Crippen molar-refractivity contribution >= 4 is 5.97 Å². The SMILES string of the molecule is CCCCCCCCCCCCCCCCCC=CC(=O)O.[Gd]. The van der Waals surface area contributed by atoms with Gasteiger partial charge in [-0.05, 0) is 12.8 Å². The van der Waals surface area contributed by atoms with Crippen LogP contribution in [0.25, 0.3) is 0 Å². The second-order valence-corrected chi connectivity index (χ2v) is 6.48. The number of hydrogen-bond acceptors (Lipinski definition) is 1. The molecular weight excluding hydrogens is 429 g/mol. The van der Waals surface area contributed by atoms with Crippen LogP contribution in [0.5, 0.6) is 0 Å². The number of carbonyl (C=O) groups is 1.